The third-order valence-corrected chi connectivity index (χ3v) is 2.73. The van der Waals surface area contributed by atoms with Gasteiger partial charge >= 0.3 is 0 Å². The highest BCUT2D eigenvalue weighted by molar-refractivity contribution is 4.97. The van der Waals surface area contributed by atoms with E-state index in [0.717, 1.165) is 37.2 Å². The molecule has 0 atom stereocenters. The average Bonchev–Trinajstić information content (AvgIpc) is 2.75. The lowest BCUT2D eigenvalue weighted by Gasteiger charge is -2.26. The van der Waals surface area contributed by atoms with Gasteiger partial charge in [0.25, 0.3) is 0 Å². The van der Waals surface area contributed by atoms with Crippen molar-refractivity contribution in [2.75, 3.05) is 26.2 Å². The molecule has 0 aromatic carbocycles. The van der Waals surface area contributed by atoms with Crippen LogP contribution in [0.3, 0.4) is 0 Å². The molecular weight excluding hydrogens is 224 g/mol. The lowest BCUT2D eigenvalue weighted by atomic mass is 10.1. The average molecular weight is 252 g/mol. The molecule has 0 bridgehead atoms. The molecule has 0 aliphatic heterocycles. The maximum Gasteiger partial charge on any atom is 0.117 e. The minimum absolute atomic E-state index is 0.730. The Kier molecular flexibility index (Phi) is 7.06. The third kappa shape index (κ3) is 6.82. The van der Waals surface area contributed by atoms with Gasteiger partial charge < -0.3 is 14.6 Å². The number of hydrogen-bond donors (Lipinski definition) is 1. The number of nitrogens with zero attached hydrogens (tertiary/aromatic N) is 1. The second kappa shape index (κ2) is 8.33. The summed E-state index contributed by atoms with van der Waals surface area (Å²) in [5.74, 6) is 2.47. The highest BCUT2D eigenvalue weighted by Gasteiger charge is 2.08. The molecule has 18 heavy (non-hydrogen) atoms. The van der Waals surface area contributed by atoms with Gasteiger partial charge in [-0.1, -0.05) is 27.7 Å². The van der Waals surface area contributed by atoms with Crippen LogP contribution in [-0.4, -0.2) is 31.1 Å². The van der Waals surface area contributed by atoms with Crippen LogP contribution in [0.25, 0.3) is 0 Å². The summed E-state index contributed by atoms with van der Waals surface area (Å²) >= 11 is 0. The Morgan fingerprint density at radius 2 is 1.83 bits per heavy atom. The minimum atomic E-state index is 0.730. The monoisotopic (exact) mass is 252 g/mol. The van der Waals surface area contributed by atoms with Crippen LogP contribution in [0.15, 0.2) is 22.8 Å². The summed E-state index contributed by atoms with van der Waals surface area (Å²) in [5.41, 5.74) is 0. The van der Waals surface area contributed by atoms with Gasteiger partial charge in [0.2, 0.25) is 0 Å². The van der Waals surface area contributed by atoms with Gasteiger partial charge in [0.1, 0.15) is 5.76 Å². The Morgan fingerprint density at radius 1 is 1.17 bits per heavy atom. The van der Waals surface area contributed by atoms with Gasteiger partial charge in [0, 0.05) is 26.2 Å². The van der Waals surface area contributed by atoms with E-state index >= 15 is 0 Å². The number of furan rings is 1. The van der Waals surface area contributed by atoms with Gasteiger partial charge in [0.05, 0.1) is 12.8 Å². The number of rotatable bonds is 9. The zero-order chi connectivity index (χ0) is 13.4. The molecule has 104 valence electrons. The Balaban J connectivity index is 2.19. The van der Waals surface area contributed by atoms with E-state index in [-0.39, 0.29) is 0 Å². The SMILES string of the molecule is CC(C)CN(CCNCc1ccco1)CC(C)C. The molecule has 1 rings (SSSR count). The van der Waals surface area contributed by atoms with E-state index in [2.05, 4.69) is 37.9 Å². The van der Waals surface area contributed by atoms with Crippen molar-refractivity contribution in [3.05, 3.63) is 24.2 Å². The van der Waals surface area contributed by atoms with E-state index in [1.807, 2.05) is 12.1 Å². The highest BCUT2D eigenvalue weighted by atomic mass is 16.3. The molecule has 1 heterocycles. The summed E-state index contributed by atoms with van der Waals surface area (Å²) < 4.78 is 5.29. The summed E-state index contributed by atoms with van der Waals surface area (Å²) in [6, 6.07) is 3.94. The highest BCUT2D eigenvalue weighted by Crippen LogP contribution is 2.03. The van der Waals surface area contributed by atoms with Crippen LogP contribution in [0.1, 0.15) is 33.5 Å². The maximum atomic E-state index is 5.29. The first-order valence-electron chi connectivity index (χ1n) is 7.03. The lowest BCUT2D eigenvalue weighted by molar-refractivity contribution is 0.219. The lowest BCUT2D eigenvalue weighted by Crippen LogP contribution is -2.36. The first kappa shape index (κ1) is 15.3. The Labute approximate surface area is 112 Å². The van der Waals surface area contributed by atoms with E-state index in [0.29, 0.717) is 0 Å². The molecule has 0 fully saturated rings. The summed E-state index contributed by atoms with van der Waals surface area (Å²) in [6.45, 7) is 14.4. The van der Waals surface area contributed by atoms with Crippen molar-refractivity contribution >= 4 is 0 Å². The molecule has 0 aliphatic carbocycles. The Bertz CT molecular complexity index is 283. The first-order chi connectivity index (χ1) is 8.58. The van der Waals surface area contributed by atoms with Gasteiger partial charge in [-0.15, -0.1) is 0 Å². The standard InChI is InChI=1S/C15H28N2O/c1-13(2)11-17(12-14(3)4)8-7-16-10-15-6-5-9-18-15/h5-6,9,13-14,16H,7-8,10-12H2,1-4H3. The predicted molar refractivity (Wildman–Crippen MR) is 76.5 cm³/mol. The molecule has 3 heteroatoms. The summed E-state index contributed by atoms with van der Waals surface area (Å²) in [5, 5.41) is 3.43. The molecular formula is C15H28N2O. The molecule has 0 saturated heterocycles. The quantitative estimate of drug-likeness (QED) is 0.685. The summed E-state index contributed by atoms with van der Waals surface area (Å²) in [4.78, 5) is 2.55. The molecule has 1 N–H and O–H groups in total. The van der Waals surface area contributed by atoms with E-state index < -0.39 is 0 Å². The van der Waals surface area contributed by atoms with Crippen molar-refractivity contribution in [3.8, 4) is 0 Å². The zero-order valence-electron chi connectivity index (χ0n) is 12.3. The maximum absolute atomic E-state index is 5.29. The van der Waals surface area contributed by atoms with Crippen LogP contribution in [-0.2, 0) is 6.54 Å². The largest absolute Gasteiger partial charge is 0.468 e. The van der Waals surface area contributed by atoms with Gasteiger partial charge in [-0.3, -0.25) is 0 Å². The normalized spacial score (nSPS) is 11.9. The van der Waals surface area contributed by atoms with E-state index in [4.69, 9.17) is 4.42 Å². The van der Waals surface area contributed by atoms with E-state index in [9.17, 15) is 0 Å². The fourth-order valence-corrected chi connectivity index (χ4v) is 2.15. The fourth-order valence-electron chi connectivity index (χ4n) is 2.15. The van der Waals surface area contributed by atoms with Crippen LogP contribution in [0.5, 0.6) is 0 Å². The first-order valence-corrected chi connectivity index (χ1v) is 7.03. The molecule has 1 aromatic heterocycles. The second-order valence-corrected chi connectivity index (χ2v) is 5.80. The fraction of sp³-hybridized carbons (Fsp3) is 0.733. The smallest absolute Gasteiger partial charge is 0.117 e. The van der Waals surface area contributed by atoms with Crippen molar-refractivity contribution in [2.45, 2.75) is 34.2 Å². The van der Waals surface area contributed by atoms with Crippen molar-refractivity contribution in [1.29, 1.82) is 0 Å². The van der Waals surface area contributed by atoms with Crippen LogP contribution in [0.2, 0.25) is 0 Å². The van der Waals surface area contributed by atoms with E-state index in [1.54, 1.807) is 6.26 Å². The Hall–Kier alpha value is -0.800. The zero-order valence-corrected chi connectivity index (χ0v) is 12.3. The molecule has 0 amide bonds. The van der Waals surface area contributed by atoms with Crippen molar-refractivity contribution < 1.29 is 4.42 Å². The van der Waals surface area contributed by atoms with Crippen molar-refractivity contribution in [2.24, 2.45) is 11.8 Å². The number of nitrogens with one attached hydrogen (secondary N) is 1. The van der Waals surface area contributed by atoms with Crippen molar-refractivity contribution in [1.82, 2.24) is 10.2 Å². The summed E-state index contributed by atoms with van der Waals surface area (Å²) in [6.07, 6.45) is 1.72. The van der Waals surface area contributed by atoms with Gasteiger partial charge in [-0.05, 0) is 24.0 Å². The topological polar surface area (TPSA) is 28.4 Å². The molecule has 0 spiro atoms. The van der Waals surface area contributed by atoms with Crippen LogP contribution < -0.4 is 5.32 Å². The Morgan fingerprint density at radius 3 is 2.33 bits per heavy atom. The minimum Gasteiger partial charge on any atom is -0.468 e. The summed E-state index contributed by atoms with van der Waals surface area (Å²) in [7, 11) is 0. The second-order valence-electron chi connectivity index (χ2n) is 5.80. The third-order valence-electron chi connectivity index (χ3n) is 2.73. The van der Waals surface area contributed by atoms with Crippen LogP contribution in [0.4, 0.5) is 0 Å². The van der Waals surface area contributed by atoms with Gasteiger partial charge in [-0.25, -0.2) is 0 Å². The van der Waals surface area contributed by atoms with Crippen LogP contribution in [0, 0.1) is 11.8 Å². The molecule has 3 nitrogen and oxygen atoms in total. The molecule has 0 radical (unpaired) electrons. The number of hydrogen-bond acceptors (Lipinski definition) is 3. The molecule has 0 unspecified atom stereocenters. The molecule has 0 aliphatic rings. The van der Waals surface area contributed by atoms with Crippen LogP contribution >= 0.6 is 0 Å². The van der Waals surface area contributed by atoms with Crippen molar-refractivity contribution in [3.63, 3.8) is 0 Å². The predicted octanol–water partition coefficient (Wildman–Crippen LogP) is 2.98. The molecule has 1 aromatic rings. The van der Waals surface area contributed by atoms with Gasteiger partial charge in [-0.2, -0.15) is 0 Å². The van der Waals surface area contributed by atoms with E-state index in [1.165, 1.54) is 13.1 Å². The van der Waals surface area contributed by atoms with Gasteiger partial charge in [0.15, 0.2) is 0 Å². The molecule has 0 saturated carbocycles.